The number of alkyl halides is 4. The summed E-state index contributed by atoms with van der Waals surface area (Å²) in [5.41, 5.74) is 0. The Kier molecular flexibility index (Phi) is 3.14. The average Bonchev–Trinajstić information content (AvgIpc) is 1.86. The number of hydrogen-bond donors (Lipinski definition) is 1. The van der Waals surface area contributed by atoms with E-state index in [1.807, 2.05) is 15.9 Å². The Bertz CT molecular complexity index is 138. The summed E-state index contributed by atoms with van der Waals surface area (Å²) in [4.78, 5) is 0. The highest BCUT2D eigenvalue weighted by Crippen LogP contribution is 2.27. The van der Waals surface area contributed by atoms with E-state index in [0.717, 1.165) is 7.11 Å². The summed E-state index contributed by atoms with van der Waals surface area (Å²) >= 11 is 2.00. The van der Waals surface area contributed by atoms with E-state index in [1.165, 1.54) is 0 Å². The lowest BCUT2D eigenvalue weighted by atomic mass is 10.4. The van der Waals surface area contributed by atoms with E-state index in [-0.39, 0.29) is 0 Å². The Morgan fingerprint density at radius 1 is 1.70 bits per heavy atom. The zero-order valence-electron chi connectivity index (χ0n) is 5.00. The fourth-order valence-electron chi connectivity index (χ4n) is 0.235. The Balaban J connectivity index is 4.24. The van der Waals surface area contributed by atoms with Gasteiger partial charge < -0.3 is 4.74 Å². The lowest BCUT2D eigenvalue weighted by Gasteiger charge is -2.15. The van der Waals surface area contributed by atoms with Crippen LogP contribution in [0.3, 0.4) is 0 Å². The number of hydrogen-bond acceptors (Lipinski definition) is 2. The maximum atomic E-state index is 12.2. The molecule has 0 spiro atoms. The number of nitrogens with one attached hydrogen (secondary N) is 1. The van der Waals surface area contributed by atoms with Gasteiger partial charge in [0.25, 0.3) is 5.90 Å². The second-order valence-corrected chi connectivity index (χ2v) is 2.26. The van der Waals surface area contributed by atoms with E-state index in [4.69, 9.17) is 5.41 Å². The minimum absolute atomic E-state index is 0.881. The van der Waals surface area contributed by atoms with Crippen LogP contribution in [-0.2, 0) is 4.74 Å². The van der Waals surface area contributed by atoms with Crippen molar-refractivity contribution in [2.75, 3.05) is 7.11 Å². The predicted octanol–water partition coefficient (Wildman–Crippen LogP) is 1.94. The largest absolute Gasteiger partial charge is 0.480 e. The summed E-state index contributed by atoms with van der Waals surface area (Å²) in [5, 5.41) is 3.85. The molecule has 0 aromatic heterocycles. The lowest BCUT2D eigenvalue weighted by molar-refractivity contribution is 0.0131. The molecular formula is C4H5BrF3NO. The molecule has 1 unspecified atom stereocenters. The predicted molar refractivity (Wildman–Crippen MR) is 33.5 cm³/mol. The normalized spacial score (nSPS) is 14.5. The molecule has 1 N–H and O–H groups in total. The summed E-state index contributed by atoms with van der Waals surface area (Å²) < 4.78 is 40.0. The topological polar surface area (TPSA) is 33.1 Å². The Hall–Kier alpha value is -0.260. The molecule has 0 aliphatic carbocycles. The Morgan fingerprint density at radius 2 is 2.10 bits per heavy atom. The van der Waals surface area contributed by atoms with Crippen molar-refractivity contribution in [3.05, 3.63) is 0 Å². The molecule has 0 saturated heterocycles. The van der Waals surface area contributed by atoms with Gasteiger partial charge in [0.2, 0.25) is 5.08 Å². The molecule has 0 aliphatic rings. The van der Waals surface area contributed by atoms with E-state index in [0.29, 0.717) is 0 Å². The monoisotopic (exact) mass is 219 g/mol. The van der Waals surface area contributed by atoms with E-state index < -0.39 is 16.9 Å². The summed E-state index contributed by atoms with van der Waals surface area (Å²) in [6.45, 7) is 0. The van der Waals surface area contributed by atoms with Gasteiger partial charge in [-0.15, -0.1) is 0 Å². The molecule has 0 aromatic rings. The molecule has 0 radical (unpaired) electrons. The highest BCUT2D eigenvalue weighted by molar-refractivity contribution is 9.09. The number of ether oxygens (including phenoxy) is 1. The van der Waals surface area contributed by atoms with Gasteiger partial charge in [-0.3, -0.25) is 5.41 Å². The van der Waals surface area contributed by atoms with Crippen molar-refractivity contribution in [3.63, 3.8) is 0 Å². The van der Waals surface area contributed by atoms with Crippen LogP contribution >= 0.6 is 15.9 Å². The van der Waals surface area contributed by atoms with Gasteiger partial charge in [0.1, 0.15) is 0 Å². The second kappa shape index (κ2) is 3.23. The maximum Gasteiger partial charge on any atom is 0.361 e. The highest BCUT2D eigenvalue weighted by atomic mass is 79.9. The van der Waals surface area contributed by atoms with Crippen molar-refractivity contribution in [1.29, 1.82) is 5.41 Å². The molecular weight excluding hydrogens is 215 g/mol. The van der Waals surface area contributed by atoms with Crippen molar-refractivity contribution in [1.82, 2.24) is 0 Å². The minimum Gasteiger partial charge on any atom is -0.480 e. The van der Waals surface area contributed by atoms with Crippen molar-refractivity contribution in [3.8, 4) is 0 Å². The zero-order valence-corrected chi connectivity index (χ0v) is 6.58. The molecule has 60 valence electrons. The highest BCUT2D eigenvalue weighted by Gasteiger charge is 2.45. The van der Waals surface area contributed by atoms with Gasteiger partial charge in [-0.25, -0.2) is 4.39 Å². The number of rotatable bonds is 2. The summed E-state index contributed by atoms with van der Waals surface area (Å²) in [6, 6.07) is 0. The molecule has 1 atom stereocenters. The first kappa shape index (κ1) is 9.74. The summed E-state index contributed by atoms with van der Waals surface area (Å²) in [6.07, 6.45) is 0. The molecule has 0 saturated carbocycles. The SMILES string of the molecule is COC(=N)C(F)(F)C(F)Br. The van der Waals surface area contributed by atoms with Crippen LogP contribution in [-0.4, -0.2) is 24.0 Å². The first-order valence-electron chi connectivity index (χ1n) is 2.22. The van der Waals surface area contributed by atoms with Gasteiger partial charge in [0.15, 0.2) is 0 Å². The third-order valence-electron chi connectivity index (χ3n) is 0.781. The van der Waals surface area contributed by atoms with Gasteiger partial charge in [-0.2, -0.15) is 8.78 Å². The first-order chi connectivity index (χ1) is 4.42. The lowest BCUT2D eigenvalue weighted by Crippen LogP contribution is -2.36. The van der Waals surface area contributed by atoms with E-state index in [2.05, 4.69) is 4.74 Å². The number of halogens is 4. The standard InChI is InChI=1S/C4H5BrF3NO/c1-10-3(9)4(7,8)2(5)6/h2,9H,1H3. The van der Waals surface area contributed by atoms with Gasteiger partial charge in [-0.1, -0.05) is 0 Å². The number of methoxy groups -OCH3 is 1. The third-order valence-corrected chi connectivity index (χ3v) is 1.36. The molecule has 0 aromatic carbocycles. The Morgan fingerprint density at radius 3 is 2.20 bits per heavy atom. The minimum atomic E-state index is -3.88. The molecule has 6 heteroatoms. The molecule has 0 heterocycles. The van der Waals surface area contributed by atoms with E-state index in [1.54, 1.807) is 0 Å². The quantitative estimate of drug-likeness (QED) is 0.430. The third kappa shape index (κ3) is 1.86. The van der Waals surface area contributed by atoms with Crippen molar-refractivity contribution in [2.24, 2.45) is 0 Å². The van der Waals surface area contributed by atoms with Gasteiger partial charge in [0, 0.05) is 0 Å². The smallest absolute Gasteiger partial charge is 0.361 e. The van der Waals surface area contributed by atoms with Crippen LogP contribution in [0, 0.1) is 5.41 Å². The zero-order chi connectivity index (χ0) is 8.36. The molecule has 0 aliphatic heterocycles. The van der Waals surface area contributed by atoms with Crippen LogP contribution in [0.5, 0.6) is 0 Å². The first-order valence-corrected chi connectivity index (χ1v) is 3.13. The average molecular weight is 220 g/mol. The molecule has 2 nitrogen and oxygen atoms in total. The Labute approximate surface area is 64.0 Å². The van der Waals surface area contributed by atoms with Gasteiger partial charge >= 0.3 is 5.92 Å². The fraction of sp³-hybridized carbons (Fsp3) is 0.750. The molecule has 0 fully saturated rings. The van der Waals surface area contributed by atoms with Crippen LogP contribution in [0.2, 0.25) is 0 Å². The molecule has 0 rings (SSSR count). The van der Waals surface area contributed by atoms with Crippen LogP contribution < -0.4 is 0 Å². The molecule has 0 bridgehead atoms. The van der Waals surface area contributed by atoms with Crippen LogP contribution in [0.15, 0.2) is 0 Å². The molecule has 10 heavy (non-hydrogen) atoms. The van der Waals surface area contributed by atoms with Gasteiger partial charge in [-0.05, 0) is 15.9 Å². The van der Waals surface area contributed by atoms with Crippen molar-refractivity contribution < 1.29 is 17.9 Å². The van der Waals surface area contributed by atoms with E-state index >= 15 is 0 Å². The van der Waals surface area contributed by atoms with Crippen LogP contribution in [0.1, 0.15) is 0 Å². The van der Waals surface area contributed by atoms with Crippen molar-refractivity contribution >= 4 is 21.8 Å². The second-order valence-electron chi connectivity index (χ2n) is 1.46. The van der Waals surface area contributed by atoms with Gasteiger partial charge in [0.05, 0.1) is 7.11 Å². The molecule has 0 amide bonds. The maximum absolute atomic E-state index is 12.2. The van der Waals surface area contributed by atoms with Crippen LogP contribution in [0.25, 0.3) is 0 Å². The summed E-state index contributed by atoms with van der Waals surface area (Å²) in [5.74, 6) is -5.27. The van der Waals surface area contributed by atoms with Crippen molar-refractivity contribution in [2.45, 2.75) is 11.0 Å². The van der Waals surface area contributed by atoms with Crippen LogP contribution in [0.4, 0.5) is 13.2 Å². The summed E-state index contributed by atoms with van der Waals surface area (Å²) in [7, 11) is 0.881. The fourth-order valence-corrected chi connectivity index (χ4v) is 0.443. The van der Waals surface area contributed by atoms with E-state index in [9.17, 15) is 13.2 Å².